The molecule has 1 heterocycles. The summed E-state index contributed by atoms with van der Waals surface area (Å²) in [6, 6.07) is 13.2. The lowest BCUT2D eigenvalue weighted by Gasteiger charge is -2.49. The van der Waals surface area contributed by atoms with Crippen LogP contribution in [-0.2, 0) is 61.5 Å². The molecule has 0 saturated carbocycles. The van der Waals surface area contributed by atoms with E-state index >= 15 is 0 Å². The molecule has 2 aromatic rings. The van der Waals surface area contributed by atoms with Crippen LogP contribution in [0.1, 0.15) is 68.0 Å². The fourth-order valence-corrected chi connectivity index (χ4v) is 4.94. The molecule has 0 amide bonds. The van der Waals surface area contributed by atoms with Gasteiger partial charge in [0.2, 0.25) is 11.9 Å². The quantitative estimate of drug-likeness (QED) is 0.343. The summed E-state index contributed by atoms with van der Waals surface area (Å²) in [6.45, 7) is 7.75. The Hall–Kier alpha value is -4.27. The molecular formula is C31H35NO10. The Kier molecular flexibility index (Phi) is 10.4. The maximum Gasteiger partial charge on any atom is 0.303 e. The number of carbonyl (C=O) groups is 4. The number of nitriles is 1. The van der Waals surface area contributed by atoms with Crippen LogP contribution in [0.15, 0.2) is 36.4 Å². The van der Waals surface area contributed by atoms with Gasteiger partial charge in [-0.15, -0.1) is 0 Å². The second kappa shape index (κ2) is 13.6. The molecule has 1 fully saturated rings. The molecule has 2 aromatic carbocycles. The lowest BCUT2D eigenvalue weighted by Crippen LogP contribution is -2.66. The van der Waals surface area contributed by atoms with Crippen molar-refractivity contribution in [2.45, 2.75) is 84.6 Å². The second-order valence-corrected chi connectivity index (χ2v) is 10.1. The molecule has 1 aliphatic heterocycles. The fourth-order valence-electron chi connectivity index (χ4n) is 4.94. The summed E-state index contributed by atoms with van der Waals surface area (Å²) in [7, 11) is 0. The van der Waals surface area contributed by atoms with E-state index in [4.69, 9.17) is 23.7 Å². The Balaban J connectivity index is 2.23. The highest BCUT2D eigenvalue weighted by Crippen LogP contribution is 2.43. The molecule has 1 saturated heterocycles. The molecule has 11 nitrogen and oxygen atoms in total. The first-order valence-electron chi connectivity index (χ1n) is 13.5. The van der Waals surface area contributed by atoms with Gasteiger partial charge in [-0.05, 0) is 54.2 Å². The number of hydrogen-bond acceptors (Lipinski definition) is 11. The highest BCUT2D eigenvalue weighted by atomic mass is 16.7. The van der Waals surface area contributed by atoms with Gasteiger partial charge in [0.05, 0.1) is 11.6 Å². The fraction of sp³-hybridized carbons (Fsp3) is 0.452. The summed E-state index contributed by atoms with van der Waals surface area (Å²) in [5, 5.41) is 22.3. The zero-order chi connectivity index (χ0) is 31.2. The van der Waals surface area contributed by atoms with Crippen molar-refractivity contribution in [3.05, 3.63) is 69.8 Å². The maximum absolute atomic E-state index is 12.3. The zero-order valence-corrected chi connectivity index (χ0v) is 24.5. The number of rotatable bonds is 9. The Morgan fingerprint density at radius 1 is 0.905 bits per heavy atom. The van der Waals surface area contributed by atoms with Crippen LogP contribution in [0.3, 0.4) is 0 Å². The molecule has 0 unspecified atom stereocenters. The van der Waals surface area contributed by atoms with Crippen molar-refractivity contribution >= 4 is 23.9 Å². The number of aliphatic hydroxyl groups is 1. The molecule has 1 N–H and O–H groups in total. The van der Waals surface area contributed by atoms with Crippen molar-refractivity contribution < 1.29 is 48.0 Å². The van der Waals surface area contributed by atoms with Gasteiger partial charge in [0.1, 0.15) is 12.7 Å². The van der Waals surface area contributed by atoms with E-state index in [2.05, 4.69) is 6.92 Å². The predicted molar refractivity (Wildman–Crippen MR) is 147 cm³/mol. The van der Waals surface area contributed by atoms with Gasteiger partial charge < -0.3 is 28.8 Å². The van der Waals surface area contributed by atoms with E-state index in [1.807, 2.05) is 37.3 Å². The minimum atomic E-state index is -2.60. The van der Waals surface area contributed by atoms with Gasteiger partial charge in [0, 0.05) is 33.3 Å². The number of benzene rings is 2. The first-order valence-corrected chi connectivity index (χ1v) is 13.5. The highest BCUT2D eigenvalue weighted by molar-refractivity contribution is 5.69. The average Bonchev–Trinajstić information content (AvgIpc) is 2.91. The van der Waals surface area contributed by atoms with E-state index in [-0.39, 0.29) is 11.1 Å². The summed E-state index contributed by atoms with van der Waals surface area (Å²) in [6.07, 6.45) is -4.92. The summed E-state index contributed by atoms with van der Waals surface area (Å²) in [5.41, 5.74) is 3.55. The van der Waals surface area contributed by atoms with Crippen molar-refractivity contribution in [1.29, 1.82) is 5.26 Å². The summed E-state index contributed by atoms with van der Waals surface area (Å²) in [5.74, 6) is -5.82. The summed E-state index contributed by atoms with van der Waals surface area (Å²) in [4.78, 5) is 48.2. The Bertz CT molecular complexity index is 1380. The number of nitrogens with zero attached hydrogens (tertiary/aromatic N) is 1. The van der Waals surface area contributed by atoms with Crippen molar-refractivity contribution in [3.8, 4) is 6.07 Å². The van der Waals surface area contributed by atoms with Crippen molar-refractivity contribution in [3.63, 3.8) is 0 Å². The number of aryl methyl sites for hydroxylation is 2. The highest BCUT2D eigenvalue weighted by Gasteiger charge is 2.61. The predicted octanol–water partition coefficient (Wildman–Crippen LogP) is 2.92. The van der Waals surface area contributed by atoms with Crippen LogP contribution >= 0.6 is 0 Å². The van der Waals surface area contributed by atoms with Gasteiger partial charge in [0.25, 0.3) is 0 Å². The van der Waals surface area contributed by atoms with Crippen LogP contribution < -0.4 is 0 Å². The normalized spacial score (nSPS) is 23.3. The molecule has 0 aliphatic carbocycles. The van der Waals surface area contributed by atoms with Crippen LogP contribution in [0.25, 0.3) is 0 Å². The van der Waals surface area contributed by atoms with E-state index in [0.29, 0.717) is 6.42 Å². The van der Waals surface area contributed by atoms with Crippen molar-refractivity contribution in [2.75, 3.05) is 6.61 Å². The Morgan fingerprint density at radius 3 is 2.00 bits per heavy atom. The van der Waals surface area contributed by atoms with Gasteiger partial charge in [-0.25, -0.2) is 0 Å². The standard InChI is InChI=1S/C31H35NO10/c1-7-22-8-10-23(11-9-22)13-24-14-26(25(15-32)12-17(24)2)31(37)30(41-21(6)36)29(40-20(5)35)28(39-19(4)34)27(42-31)16-38-18(3)33/h8-12,14,27-30,37H,7,13,16H2,1-6H3/t27-,28-,29+,30-,31+/m1/s1. The molecule has 1 aliphatic rings. The molecule has 224 valence electrons. The molecule has 0 bridgehead atoms. The smallest absolute Gasteiger partial charge is 0.303 e. The molecule has 42 heavy (non-hydrogen) atoms. The minimum absolute atomic E-state index is 0.00372. The zero-order valence-electron chi connectivity index (χ0n) is 24.5. The van der Waals surface area contributed by atoms with E-state index in [0.717, 1.165) is 50.8 Å². The maximum atomic E-state index is 12.3. The minimum Gasteiger partial charge on any atom is -0.463 e. The third-order valence-corrected chi connectivity index (χ3v) is 6.86. The Labute approximate surface area is 244 Å². The van der Waals surface area contributed by atoms with Crippen LogP contribution in [0.2, 0.25) is 0 Å². The summed E-state index contributed by atoms with van der Waals surface area (Å²) < 4.78 is 27.5. The molecule has 0 radical (unpaired) electrons. The van der Waals surface area contributed by atoms with Crippen LogP contribution in [0, 0.1) is 18.3 Å². The van der Waals surface area contributed by atoms with Crippen LogP contribution in [-0.4, -0.2) is 60.0 Å². The van der Waals surface area contributed by atoms with Crippen LogP contribution in [0.5, 0.6) is 0 Å². The second-order valence-electron chi connectivity index (χ2n) is 10.1. The van der Waals surface area contributed by atoms with E-state index in [9.17, 15) is 29.5 Å². The lowest BCUT2D eigenvalue weighted by molar-refractivity contribution is -0.360. The SMILES string of the molecule is CCc1ccc(Cc2cc([C@]3(O)O[C@H](COC(C)=O)[C@@H](OC(C)=O)[C@H](OC(C)=O)[C@H]3OC(C)=O)c(C#N)cc2C)cc1. The topological polar surface area (TPSA) is 158 Å². The molecule has 0 aromatic heterocycles. The average molecular weight is 582 g/mol. The Morgan fingerprint density at radius 2 is 1.48 bits per heavy atom. The number of carbonyl (C=O) groups excluding carboxylic acids is 4. The van der Waals surface area contributed by atoms with Crippen molar-refractivity contribution in [2.24, 2.45) is 0 Å². The van der Waals surface area contributed by atoms with Crippen LogP contribution in [0.4, 0.5) is 0 Å². The third-order valence-electron chi connectivity index (χ3n) is 6.86. The summed E-state index contributed by atoms with van der Waals surface area (Å²) >= 11 is 0. The van der Waals surface area contributed by atoms with Gasteiger partial charge >= 0.3 is 23.9 Å². The monoisotopic (exact) mass is 581 g/mol. The molecule has 5 atom stereocenters. The number of esters is 4. The van der Waals surface area contributed by atoms with E-state index in [1.54, 1.807) is 12.1 Å². The number of hydrogen-bond donors (Lipinski definition) is 1. The first-order chi connectivity index (χ1) is 19.8. The molecule has 3 rings (SSSR count). The molecular weight excluding hydrogens is 546 g/mol. The van der Waals surface area contributed by atoms with Crippen molar-refractivity contribution in [1.82, 2.24) is 0 Å². The molecule has 11 heteroatoms. The van der Waals surface area contributed by atoms with Gasteiger partial charge in [-0.1, -0.05) is 31.2 Å². The third kappa shape index (κ3) is 7.51. The lowest BCUT2D eigenvalue weighted by atomic mass is 9.83. The van der Waals surface area contributed by atoms with Gasteiger partial charge in [-0.3, -0.25) is 19.2 Å². The molecule has 0 spiro atoms. The number of ether oxygens (including phenoxy) is 5. The van der Waals surface area contributed by atoms with Gasteiger partial charge in [0.15, 0.2) is 12.2 Å². The first kappa shape index (κ1) is 32.2. The largest absolute Gasteiger partial charge is 0.463 e. The van der Waals surface area contributed by atoms with Gasteiger partial charge in [-0.2, -0.15) is 5.26 Å². The van der Waals surface area contributed by atoms with E-state index in [1.165, 1.54) is 5.56 Å². The van der Waals surface area contributed by atoms with E-state index < -0.39 is 60.7 Å².